The van der Waals surface area contributed by atoms with Gasteiger partial charge in [0.15, 0.2) is 0 Å². The number of nitrogens with zero attached hydrogens (tertiary/aromatic N) is 4. The van der Waals surface area contributed by atoms with Crippen LogP contribution in [0, 0.1) is 5.92 Å². The van der Waals surface area contributed by atoms with Crippen molar-refractivity contribution in [3.8, 4) is 0 Å². The van der Waals surface area contributed by atoms with Crippen LogP contribution in [0.1, 0.15) is 36.4 Å². The Morgan fingerprint density at radius 2 is 1.71 bits per heavy atom. The largest absolute Gasteiger partial charge is 0.264 e. The summed E-state index contributed by atoms with van der Waals surface area (Å²) in [5.74, 6) is 0.376. The van der Waals surface area contributed by atoms with E-state index in [2.05, 4.69) is 57.5 Å². The smallest absolute Gasteiger partial charge is 0.0874 e. The third-order valence-corrected chi connectivity index (χ3v) is 5.57. The maximum absolute atomic E-state index is 5.15. The van der Waals surface area contributed by atoms with Crippen LogP contribution in [-0.4, -0.2) is 15.7 Å². The van der Waals surface area contributed by atoms with Gasteiger partial charge in [0, 0.05) is 30.7 Å². The molecule has 3 aromatic rings. The molecule has 0 N–H and O–H groups in total. The highest BCUT2D eigenvalue weighted by Gasteiger charge is 2.41. The second-order valence-electron chi connectivity index (χ2n) is 7.35. The summed E-state index contributed by atoms with van der Waals surface area (Å²) in [6.07, 6.45) is 13.2. The summed E-state index contributed by atoms with van der Waals surface area (Å²) in [5, 5.41) is 7.34. The van der Waals surface area contributed by atoms with Gasteiger partial charge in [-0.1, -0.05) is 30.3 Å². The van der Waals surface area contributed by atoms with Crippen LogP contribution in [-0.2, 0) is 0 Å². The lowest BCUT2D eigenvalue weighted by atomic mass is 9.78. The molecular formula is C24H22N4. The summed E-state index contributed by atoms with van der Waals surface area (Å²) < 4.78 is 0. The second kappa shape index (κ2) is 7.39. The van der Waals surface area contributed by atoms with E-state index in [-0.39, 0.29) is 6.04 Å². The highest BCUT2D eigenvalue weighted by atomic mass is 15.5. The summed E-state index contributed by atoms with van der Waals surface area (Å²) in [4.78, 5) is 8.64. The number of para-hydroxylation sites is 1. The van der Waals surface area contributed by atoms with E-state index in [0.717, 1.165) is 24.1 Å². The predicted molar refractivity (Wildman–Crippen MR) is 113 cm³/mol. The minimum absolute atomic E-state index is 0.184. The number of anilines is 1. The first kappa shape index (κ1) is 16.9. The van der Waals surface area contributed by atoms with Gasteiger partial charge in [-0.05, 0) is 66.3 Å². The standard InChI is InChI=1S/C24H22N4/c1-2-10-21(11-3-1)28-24(20-9-6-14-26-17-20)22-12-4-8-19(23(22)27-28)15-18-7-5-13-25-16-18/h1-3,5-7,9-11,13-17,22,24H,4,8,12H2/b19-15-. The minimum Gasteiger partial charge on any atom is -0.264 e. The van der Waals surface area contributed by atoms with Crippen LogP contribution in [0.2, 0.25) is 0 Å². The van der Waals surface area contributed by atoms with Gasteiger partial charge in [0.05, 0.1) is 17.4 Å². The van der Waals surface area contributed by atoms with E-state index in [4.69, 9.17) is 5.10 Å². The van der Waals surface area contributed by atoms with Crippen molar-refractivity contribution < 1.29 is 0 Å². The number of hydrogen-bond donors (Lipinski definition) is 0. The van der Waals surface area contributed by atoms with E-state index in [1.165, 1.54) is 23.3 Å². The molecule has 0 radical (unpaired) electrons. The van der Waals surface area contributed by atoms with Crippen LogP contribution in [0.25, 0.3) is 6.08 Å². The molecular weight excluding hydrogens is 344 g/mol. The Kier molecular flexibility index (Phi) is 4.45. The highest BCUT2D eigenvalue weighted by molar-refractivity contribution is 6.08. The molecule has 5 rings (SSSR count). The average Bonchev–Trinajstić information content (AvgIpc) is 3.16. The zero-order chi connectivity index (χ0) is 18.8. The second-order valence-corrected chi connectivity index (χ2v) is 7.35. The van der Waals surface area contributed by atoms with Gasteiger partial charge in [-0.25, -0.2) is 0 Å². The summed E-state index contributed by atoms with van der Waals surface area (Å²) in [7, 11) is 0. The Morgan fingerprint density at radius 3 is 2.46 bits per heavy atom. The van der Waals surface area contributed by atoms with Crippen molar-refractivity contribution >= 4 is 17.5 Å². The fourth-order valence-corrected chi connectivity index (χ4v) is 4.34. The van der Waals surface area contributed by atoms with Crippen molar-refractivity contribution in [1.29, 1.82) is 0 Å². The molecule has 4 heteroatoms. The molecule has 0 amide bonds. The Hall–Kier alpha value is -3.27. The van der Waals surface area contributed by atoms with E-state index >= 15 is 0 Å². The SMILES string of the molecule is C(=C1\CCCC2C1=NN(c1ccccc1)C2c1cccnc1)/c1cccnc1. The van der Waals surface area contributed by atoms with Gasteiger partial charge in [-0.2, -0.15) is 5.10 Å². The molecule has 2 atom stereocenters. The molecule has 2 unspecified atom stereocenters. The Morgan fingerprint density at radius 1 is 0.893 bits per heavy atom. The molecule has 2 aliphatic rings. The normalized spacial score (nSPS) is 22.8. The molecule has 0 spiro atoms. The third-order valence-electron chi connectivity index (χ3n) is 5.57. The number of allylic oxidation sites excluding steroid dienone is 1. The van der Waals surface area contributed by atoms with Gasteiger partial charge in [0.2, 0.25) is 0 Å². The van der Waals surface area contributed by atoms with Crippen molar-refractivity contribution in [3.05, 3.63) is 96.1 Å². The number of pyridine rings is 2. The van der Waals surface area contributed by atoms with Crippen molar-refractivity contribution in [2.24, 2.45) is 11.0 Å². The van der Waals surface area contributed by atoms with Crippen LogP contribution in [0.3, 0.4) is 0 Å². The van der Waals surface area contributed by atoms with Gasteiger partial charge in [0.25, 0.3) is 0 Å². The highest BCUT2D eigenvalue weighted by Crippen LogP contribution is 2.45. The van der Waals surface area contributed by atoms with E-state index < -0.39 is 0 Å². The molecule has 1 aromatic carbocycles. The predicted octanol–water partition coefficient (Wildman–Crippen LogP) is 5.28. The van der Waals surface area contributed by atoms with Gasteiger partial charge in [-0.3, -0.25) is 15.0 Å². The summed E-state index contributed by atoms with van der Waals surface area (Å²) in [6, 6.07) is 18.9. The number of benzene rings is 1. The first-order chi connectivity index (χ1) is 13.9. The first-order valence-corrected chi connectivity index (χ1v) is 9.84. The summed E-state index contributed by atoms with van der Waals surface area (Å²) in [5.41, 5.74) is 6.03. The van der Waals surface area contributed by atoms with E-state index in [9.17, 15) is 0 Å². The van der Waals surface area contributed by atoms with E-state index in [1.54, 1.807) is 0 Å². The quantitative estimate of drug-likeness (QED) is 0.633. The fourth-order valence-electron chi connectivity index (χ4n) is 4.34. The molecule has 0 bridgehead atoms. The summed E-state index contributed by atoms with van der Waals surface area (Å²) in [6.45, 7) is 0. The van der Waals surface area contributed by atoms with Gasteiger partial charge >= 0.3 is 0 Å². The number of aromatic nitrogens is 2. The monoisotopic (exact) mass is 366 g/mol. The van der Waals surface area contributed by atoms with Gasteiger partial charge in [0.1, 0.15) is 0 Å². The average molecular weight is 366 g/mol. The molecule has 1 saturated carbocycles. The third kappa shape index (κ3) is 3.11. The molecule has 1 aliphatic heterocycles. The van der Waals surface area contributed by atoms with Gasteiger partial charge in [-0.15, -0.1) is 0 Å². The minimum atomic E-state index is 0.184. The van der Waals surface area contributed by atoms with Crippen molar-refractivity contribution in [1.82, 2.24) is 9.97 Å². The first-order valence-electron chi connectivity index (χ1n) is 9.84. The molecule has 3 heterocycles. The van der Waals surface area contributed by atoms with Crippen molar-refractivity contribution in [2.45, 2.75) is 25.3 Å². The lowest BCUT2D eigenvalue weighted by Gasteiger charge is -2.30. The Bertz CT molecular complexity index is 997. The lowest BCUT2D eigenvalue weighted by molar-refractivity contribution is 0.487. The van der Waals surface area contributed by atoms with Crippen molar-refractivity contribution in [3.63, 3.8) is 0 Å². The molecule has 1 fully saturated rings. The Balaban J connectivity index is 1.59. The number of hydrogen-bond acceptors (Lipinski definition) is 4. The van der Waals surface area contributed by atoms with Crippen molar-refractivity contribution in [2.75, 3.05) is 5.01 Å². The molecule has 0 saturated heterocycles. The van der Waals surface area contributed by atoms with Crippen LogP contribution < -0.4 is 5.01 Å². The maximum atomic E-state index is 5.15. The zero-order valence-corrected chi connectivity index (χ0v) is 15.6. The molecule has 2 aromatic heterocycles. The van der Waals surface area contributed by atoms with Crippen LogP contribution in [0.15, 0.2) is 90.1 Å². The molecule has 1 aliphatic carbocycles. The zero-order valence-electron chi connectivity index (χ0n) is 15.6. The molecule has 138 valence electrons. The number of rotatable bonds is 3. The number of fused-ring (bicyclic) bond motifs is 1. The Labute approximate surface area is 165 Å². The van der Waals surface area contributed by atoms with E-state index in [1.807, 2.05) is 43.0 Å². The maximum Gasteiger partial charge on any atom is 0.0874 e. The lowest BCUT2D eigenvalue weighted by Crippen LogP contribution is -2.28. The topological polar surface area (TPSA) is 41.4 Å². The molecule has 4 nitrogen and oxygen atoms in total. The van der Waals surface area contributed by atoms with Crippen LogP contribution >= 0.6 is 0 Å². The van der Waals surface area contributed by atoms with Crippen LogP contribution in [0.5, 0.6) is 0 Å². The number of hydrazone groups is 1. The van der Waals surface area contributed by atoms with Gasteiger partial charge < -0.3 is 0 Å². The molecule has 28 heavy (non-hydrogen) atoms. The summed E-state index contributed by atoms with van der Waals surface area (Å²) >= 11 is 0. The van der Waals surface area contributed by atoms with Crippen LogP contribution in [0.4, 0.5) is 5.69 Å². The fraction of sp³-hybridized carbons (Fsp3) is 0.208. The van der Waals surface area contributed by atoms with E-state index in [0.29, 0.717) is 5.92 Å².